The first-order chi connectivity index (χ1) is 12.7. The summed E-state index contributed by atoms with van der Waals surface area (Å²) in [4.78, 5) is 16.6. The molecule has 5 rings (SSSR count). The monoisotopic (exact) mass is 363 g/mol. The summed E-state index contributed by atoms with van der Waals surface area (Å²) in [5, 5.41) is 0. The third kappa shape index (κ3) is 2.87. The average molecular weight is 364 g/mol. The molecule has 0 unspecified atom stereocenters. The molecule has 2 aliphatic carbocycles. The number of fused-ring (bicyclic) bond motifs is 1. The molecular formula is C23H25NOS. The summed E-state index contributed by atoms with van der Waals surface area (Å²) in [6.45, 7) is 1.87. The number of likely N-dealkylation sites (tertiary alicyclic amines) is 1. The van der Waals surface area contributed by atoms with Crippen molar-refractivity contribution in [2.75, 3.05) is 13.1 Å². The Hall–Kier alpha value is -1.74. The van der Waals surface area contributed by atoms with E-state index in [9.17, 15) is 4.79 Å². The second-order valence-corrected chi connectivity index (χ2v) is 9.78. The molecule has 2 nitrogen and oxygen atoms in total. The highest BCUT2D eigenvalue weighted by molar-refractivity contribution is 8.01. The van der Waals surface area contributed by atoms with Gasteiger partial charge in [-0.25, -0.2) is 0 Å². The van der Waals surface area contributed by atoms with E-state index in [0.29, 0.717) is 11.3 Å². The lowest BCUT2D eigenvalue weighted by Gasteiger charge is -2.40. The SMILES string of the molecule is O=C(N1CCC2(CC1)Cc1ccccc1C2)C1(Sc2ccccc2)CC1. The molecule has 3 heteroatoms. The minimum absolute atomic E-state index is 0.176. The number of amides is 1. The molecule has 0 aromatic heterocycles. The number of carbonyl (C=O) groups is 1. The number of thioether (sulfide) groups is 1. The maximum absolute atomic E-state index is 13.2. The van der Waals surface area contributed by atoms with Crippen LogP contribution in [0.1, 0.15) is 36.8 Å². The van der Waals surface area contributed by atoms with E-state index in [-0.39, 0.29) is 4.75 Å². The van der Waals surface area contributed by atoms with E-state index in [4.69, 9.17) is 0 Å². The number of rotatable bonds is 3. The minimum Gasteiger partial charge on any atom is -0.341 e. The topological polar surface area (TPSA) is 20.3 Å². The lowest BCUT2D eigenvalue weighted by molar-refractivity contribution is -0.133. The molecule has 0 radical (unpaired) electrons. The Morgan fingerprint density at radius 3 is 1.96 bits per heavy atom. The van der Waals surface area contributed by atoms with E-state index in [1.165, 1.54) is 28.9 Å². The van der Waals surface area contributed by atoms with E-state index in [2.05, 4.69) is 53.4 Å². The van der Waals surface area contributed by atoms with Crippen LogP contribution in [0.4, 0.5) is 0 Å². The number of hydrogen-bond acceptors (Lipinski definition) is 2. The largest absolute Gasteiger partial charge is 0.341 e. The fraction of sp³-hybridized carbons (Fsp3) is 0.435. The molecule has 1 heterocycles. The third-order valence-corrected chi connectivity index (χ3v) is 7.99. The van der Waals surface area contributed by atoms with Crippen LogP contribution < -0.4 is 0 Å². The maximum Gasteiger partial charge on any atom is 0.239 e. The minimum atomic E-state index is -0.176. The molecule has 1 saturated carbocycles. The summed E-state index contributed by atoms with van der Waals surface area (Å²) in [6.07, 6.45) is 6.76. The molecule has 1 spiro atoms. The van der Waals surface area contributed by atoms with Crippen molar-refractivity contribution in [1.82, 2.24) is 4.90 Å². The van der Waals surface area contributed by atoms with Gasteiger partial charge in [-0.1, -0.05) is 42.5 Å². The highest BCUT2D eigenvalue weighted by Gasteiger charge is 2.53. The smallest absolute Gasteiger partial charge is 0.239 e. The Kier molecular flexibility index (Phi) is 3.89. The molecular weight excluding hydrogens is 338 g/mol. The van der Waals surface area contributed by atoms with Gasteiger partial charge in [0.15, 0.2) is 0 Å². The molecule has 2 aromatic rings. The summed E-state index contributed by atoms with van der Waals surface area (Å²) >= 11 is 1.78. The fourth-order valence-corrected chi connectivity index (χ4v) is 6.05. The molecule has 2 fully saturated rings. The van der Waals surface area contributed by atoms with Crippen molar-refractivity contribution in [3.8, 4) is 0 Å². The quantitative estimate of drug-likeness (QED) is 0.786. The van der Waals surface area contributed by atoms with Crippen molar-refractivity contribution in [2.24, 2.45) is 5.41 Å². The van der Waals surface area contributed by atoms with Crippen LogP contribution in [0.5, 0.6) is 0 Å². The molecule has 134 valence electrons. The van der Waals surface area contributed by atoms with Gasteiger partial charge in [0.25, 0.3) is 0 Å². The molecule has 1 amide bonds. The molecule has 0 bridgehead atoms. The van der Waals surface area contributed by atoms with Gasteiger partial charge in [-0.15, -0.1) is 11.8 Å². The van der Waals surface area contributed by atoms with Gasteiger partial charge in [-0.2, -0.15) is 0 Å². The fourth-order valence-electron chi connectivity index (χ4n) is 4.79. The van der Waals surface area contributed by atoms with Gasteiger partial charge in [0.1, 0.15) is 0 Å². The Labute approximate surface area is 160 Å². The number of carbonyl (C=O) groups excluding carboxylic acids is 1. The van der Waals surface area contributed by atoms with Gasteiger partial charge in [0.05, 0.1) is 4.75 Å². The van der Waals surface area contributed by atoms with Crippen molar-refractivity contribution < 1.29 is 4.79 Å². The Morgan fingerprint density at radius 2 is 1.38 bits per heavy atom. The summed E-state index contributed by atoms with van der Waals surface area (Å²) in [5.74, 6) is 0.386. The first kappa shape index (κ1) is 16.4. The summed E-state index contributed by atoms with van der Waals surface area (Å²) in [6, 6.07) is 19.3. The number of piperidine rings is 1. The third-order valence-electron chi connectivity index (χ3n) is 6.51. The first-order valence-electron chi connectivity index (χ1n) is 9.78. The van der Waals surface area contributed by atoms with Gasteiger partial charge in [-0.05, 0) is 67.2 Å². The van der Waals surface area contributed by atoms with E-state index < -0.39 is 0 Å². The van der Waals surface area contributed by atoms with Crippen LogP contribution in [0.3, 0.4) is 0 Å². The second-order valence-electron chi connectivity index (χ2n) is 8.32. The van der Waals surface area contributed by atoms with Crippen LogP contribution in [-0.4, -0.2) is 28.6 Å². The van der Waals surface area contributed by atoms with Gasteiger partial charge in [0, 0.05) is 18.0 Å². The number of nitrogens with zero attached hydrogens (tertiary/aromatic N) is 1. The van der Waals surface area contributed by atoms with Gasteiger partial charge in [-0.3, -0.25) is 4.79 Å². The Balaban J connectivity index is 1.24. The van der Waals surface area contributed by atoms with Crippen LogP contribution in [0, 0.1) is 5.41 Å². The van der Waals surface area contributed by atoms with E-state index >= 15 is 0 Å². The molecule has 0 atom stereocenters. The van der Waals surface area contributed by atoms with Crippen LogP contribution in [0.2, 0.25) is 0 Å². The van der Waals surface area contributed by atoms with E-state index in [0.717, 1.165) is 38.8 Å². The predicted molar refractivity (Wildman–Crippen MR) is 106 cm³/mol. The van der Waals surface area contributed by atoms with Crippen molar-refractivity contribution in [3.05, 3.63) is 65.7 Å². The van der Waals surface area contributed by atoms with Crippen molar-refractivity contribution >= 4 is 17.7 Å². The number of hydrogen-bond donors (Lipinski definition) is 0. The highest BCUT2D eigenvalue weighted by atomic mass is 32.2. The van der Waals surface area contributed by atoms with Crippen molar-refractivity contribution in [1.29, 1.82) is 0 Å². The standard InChI is InChI=1S/C23H25NOS/c25-21(23(10-11-23)26-20-8-2-1-3-9-20)24-14-12-22(13-15-24)16-18-6-4-5-7-19(18)17-22/h1-9H,10-17H2. The average Bonchev–Trinajstić information content (AvgIpc) is 3.36. The van der Waals surface area contributed by atoms with Crippen molar-refractivity contribution in [2.45, 2.75) is 48.2 Å². The molecule has 1 aliphatic heterocycles. The predicted octanol–water partition coefficient (Wildman–Crippen LogP) is 4.72. The Bertz CT molecular complexity index is 792. The number of benzene rings is 2. The summed E-state index contributed by atoms with van der Waals surface area (Å²) < 4.78 is -0.176. The van der Waals surface area contributed by atoms with Gasteiger partial charge < -0.3 is 4.90 Å². The summed E-state index contributed by atoms with van der Waals surface area (Å²) in [7, 11) is 0. The van der Waals surface area contributed by atoms with Crippen LogP contribution >= 0.6 is 11.8 Å². The lowest BCUT2D eigenvalue weighted by Crippen LogP contribution is -2.47. The molecule has 1 saturated heterocycles. The zero-order valence-electron chi connectivity index (χ0n) is 15.1. The maximum atomic E-state index is 13.2. The molecule has 0 N–H and O–H groups in total. The van der Waals surface area contributed by atoms with Gasteiger partial charge >= 0.3 is 0 Å². The van der Waals surface area contributed by atoms with Crippen molar-refractivity contribution in [3.63, 3.8) is 0 Å². The zero-order valence-corrected chi connectivity index (χ0v) is 15.9. The second kappa shape index (κ2) is 6.16. The summed E-state index contributed by atoms with van der Waals surface area (Å²) in [5.41, 5.74) is 3.47. The lowest BCUT2D eigenvalue weighted by atomic mass is 9.76. The highest BCUT2D eigenvalue weighted by Crippen LogP contribution is 2.54. The van der Waals surface area contributed by atoms with Crippen LogP contribution in [0.25, 0.3) is 0 Å². The Morgan fingerprint density at radius 1 is 0.808 bits per heavy atom. The zero-order chi connectivity index (χ0) is 17.6. The molecule has 3 aliphatic rings. The van der Waals surface area contributed by atoms with Gasteiger partial charge in [0.2, 0.25) is 5.91 Å². The first-order valence-corrected chi connectivity index (χ1v) is 10.6. The van der Waals surface area contributed by atoms with E-state index in [1.54, 1.807) is 11.8 Å². The molecule has 2 aromatic carbocycles. The molecule has 26 heavy (non-hydrogen) atoms. The van der Waals surface area contributed by atoms with E-state index in [1.807, 2.05) is 6.07 Å². The van der Waals surface area contributed by atoms with Crippen LogP contribution in [0.15, 0.2) is 59.5 Å². The normalized spacial score (nSPS) is 22.2. The van der Waals surface area contributed by atoms with Crippen LogP contribution in [-0.2, 0) is 17.6 Å².